The number of aromatic nitrogens is 2. The van der Waals surface area contributed by atoms with E-state index in [0.717, 1.165) is 11.1 Å². The summed E-state index contributed by atoms with van der Waals surface area (Å²) in [6, 6.07) is 13.3. The molecule has 1 aliphatic carbocycles. The van der Waals surface area contributed by atoms with Gasteiger partial charge in [-0.3, -0.25) is 4.79 Å². The highest BCUT2D eigenvalue weighted by Crippen LogP contribution is 2.25. The SMILES string of the molecule is Cc1ccc(S(=O)(=O)[O-])cc1.O=c1ccc2ccc(-c3c[nH+]c(O)[nH]c3=O)oc-2c1. The molecular weight excluding hydrogens is 412 g/mol. The van der Waals surface area contributed by atoms with Gasteiger partial charge in [0.25, 0.3) is 0 Å². The van der Waals surface area contributed by atoms with Gasteiger partial charge in [0.1, 0.15) is 33.4 Å². The van der Waals surface area contributed by atoms with Crippen LogP contribution in [0.15, 0.2) is 79.7 Å². The zero-order valence-corrected chi connectivity index (χ0v) is 16.4. The van der Waals surface area contributed by atoms with Gasteiger partial charge < -0.3 is 14.1 Å². The normalized spacial score (nSPS) is 11.0. The summed E-state index contributed by atoms with van der Waals surface area (Å²) in [5.74, 6) is 0.702. The Morgan fingerprint density at radius 1 is 1.00 bits per heavy atom. The number of rotatable bonds is 2. The average Bonchev–Trinajstić information content (AvgIpc) is 2.67. The largest absolute Gasteiger partial charge is 0.744 e. The van der Waals surface area contributed by atoms with Crippen LogP contribution in [0.2, 0.25) is 0 Å². The highest BCUT2D eigenvalue weighted by molar-refractivity contribution is 7.85. The van der Waals surface area contributed by atoms with Gasteiger partial charge >= 0.3 is 11.6 Å². The summed E-state index contributed by atoms with van der Waals surface area (Å²) in [4.78, 5) is 27.5. The van der Waals surface area contributed by atoms with Crippen molar-refractivity contribution in [2.75, 3.05) is 0 Å². The standard InChI is InChI=1S/C13H8N2O4.C7H8O3S/c16-8-3-1-7-2-4-10(19-11(7)5-8)9-6-14-13(18)15-12(9)17;1-6-2-4-7(5-3-6)11(8,9)10/h1-6H,(H2,14,15,17,18);2-5H,1H3,(H,8,9,10). The van der Waals surface area contributed by atoms with Crippen LogP contribution in [0, 0.1) is 6.92 Å². The molecule has 0 atom stereocenters. The molecule has 0 amide bonds. The van der Waals surface area contributed by atoms with Crippen LogP contribution in [0.5, 0.6) is 6.01 Å². The molecule has 3 N–H and O–H groups in total. The first-order valence-electron chi connectivity index (χ1n) is 8.54. The molecule has 0 saturated heterocycles. The van der Waals surface area contributed by atoms with Crippen molar-refractivity contribution in [3.8, 4) is 28.7 Å². The number of aromatic hydroxyl groups is 1. The predicted octanol–water partition coefficient (Wildman–Crippen LogP) is 1.52. The Bertz CT molecular complexity index is 1370. The first-order valence-corrected chi connectivity index (χ1v) is 9.95. The molecule has 0 spiro atoms. The predicted molar refractivity (Wildman–Crippen MR) is 105 cm³/mol. The molecule has 0 unspecified atom stereocenters. The minimum Gasteiger partial charge on any atom is -0.744 e. The minimum absolute atomic E-state index is 0.167. The molecule has 4 rings (SSSR count). The fourth-order valence-corrected chi connectivity index (χ4v) is 2.98. The highest BCUT2D eigenvalue weighted by Gasteiger charge is 2.14. The fraction of sp³-hybridized carbons (Fsp3) is 0.0500. The third kappa shape index (κ3) is 4.99. The van der Waals surface area contributed by atoms with Gasteiger partial charge in [0.05, 0.1) is 4.90 Å². The van der Waals surface area contributed by atoms with Crippen LogP contribution in [0.25, 0.3) is 22.6 Å². The molecule has 2 heterocycles. The van der Waals surface area contributed by atoms with E-state index in [-0.39, 0.29) is 21.9 Å². The first kappa shape index (κ1) is 21.0. The number of hydrogen-bond donors (Lipinski definition) is 2. The molecule has 2 aliphatic rings. The van der Waals surface area contributed by atoms with Crippen molar-refractivity contribution in [1.82, 2.24) is 4.98 Å². The summed E-state index contributed by atoms with van der Waals surface area (Å²) in [6.07, 6.45) is 1.33. The van der Waals surface area contributed by atoms with Crippen LogP contribution in [0.1, 0.15) is 5.56 Å². The van der Waals surface area contributed by atoms with Crippen molar-refractivity contribution in [3.63, 3.8) is 0 Å². The number of benzene rings is 2. The van der Waals surface area contributed by atoms with Crippen molar-refractivity contribution in [2.24, 2.45) is 0 Å². The molecule has 154 valence electrons. The smallest absolute Gasteiger partial charge is 0.451 e. The Morgan fingerprint density at radius 2 is 1.67 bits per heavy atom. The van der Waals surface area contributed by atoms with E-state index in [1.807, 2.05) is 6.92 Å². The second-order valence-corrected chi connectivity index (χ2v) is 7.65. The number of hydrogen-bond acceptors (Lipinski definition) is 7. The summed E-state index contributed by atoms with van der Waals surface area (Å²) in [5, 5.41) is 9.11. The summed E-state index contributed by atoms with van der Waals surface area (Å²) in [5.41, 5.74) is 1.27. The molecule has 2 aromatic rings. The molecule has 1 aliphatic heterocycles. The van der Waals surface area contributed by atoms with Gasteiger partial charge in [-0.25, -0.2) is 18.2 Å². The number of fused-ring (bicyclic) bond motifs is 1. The Morgan fingerprint density at radius 3 is 2.30 bits per heavy atom. The van der Waals surface area contributed by atoms with E-state index in [1.54, 1.807) is 30.3 Å². The van der Waals surface area contributed by atoms with Crippen LogP contribution in [-0.2, 0) is 10.1 Å². The van der Waals surface area contributed by atoms with E-state index in [2.05, 4.69) is 9.97 Å². The highest BCUT2D eigenvalue weighted by atomic mass is 32.2. The maximum absolute atomic E-state index is 11.7. The third-order valence-electron chi connectivity index (χ3n) is 4.02. The maximum atomic E-state index is 11.7. The molecule has 30 heavy (non-hydrogen) atoms. The van der Waals surface area contributed by atoms with Crippen LogP contribution in [-0.4, -0.2) is 23.1 Å². The molecule has 0 fully saturated rings. The molecule has 0 bridgehead atoms. The first-order chi connectivity index (χ1) is 14.1. The number of H-pyrrole nitrogens is 2. The molecule has 0 radical (unpaired) electrons. The number of nitrogens with one attached hydrogen (secondary N) is 2. The minimum atomic E-state index is -4.27. The zero-order chi connectivity index (χ0) is 21.9. The molecule has 10 heteroatoms. The van der Waals surface area contributed by atoms with Crippen LogP contribution < -0.4 is 16.0 Å². The Labute approximate surface area is 170 Å². The monoisotopic (exact) mass is 428 g/mol. The van der Waals surface area contributed by atoms with Gasteiger partial charge in [0.2, 0.25) is 0 Å². The van der Waals surface area contributed by atoms with Gasteiger partial charge in [-0.2, -0.15) is 4.98 Å². The van der Waals surface area contributed by atoms with E-state index in [9.17, 15) is 22.6 Å². The Balaban J connectivity index is 0.000000199. The Hall–Kier alpha value is -3.76. The molecule has 9 nitrogen and oxygen atoms in total. The van der Waals surface area contributed by atoms with E-state index >= 15 is 0 Å². The molecule has 1 aromatic heterocycles. The van der Waals surface area contributed by atoms with Crippen LogP contribution in [0.4, 0.5) is 0 Å². The molecule has 0 saturated carbocycles. The quantitative estimate of drug-likeness (QED) is 0.459. The lowest BCUT2D eigenvalue weighted by Gasteiger charge is -2.05. The van der Waals surface area contributed by atoms with E-state index < -0.39 is 15.7 Å². The van der Waals surface area contributed by atoms with E-state index in [0.29, 0.717) is 11.5 Å². The van der Waals surface area contributed by atoms with Gasteiger partial charge in [-0.1, -0.05) is 17.7 Å². The third-order valence-corrected chi connectivity index (χ3v) is 4.87. The van der Waals surface area contributed by atoms with Crippen molar-refractivity contribution >= 4 is 10.1 Å². The zero-order valence-electron chi connectivity index (χ0n) is 15.6. The summed E-state index contributed by atoms with van der Waals surface area (Å²) in [6.45, 7) is 1.82. The van der Waals surface area contributed by atoms with Gasteiger partial charge in [-0.15, -0.1) is 0 Å². The van der Waals surface area contributed by atoms with Gasteiger partial charge in [0, 0.05) is 11.6 Å². The van der Waals surface area contributed by atoms with E-state index in [1.165, 1.54) is 30.5 Å². The summed E-state index contributed by atoms with van der Waals surface area (Å²) in [7, 11) is -4.27. The van der Waals surface area contributed by atoms with Gasteiger partial charge in [-0.05, 0) is 43.3 Å². The molecular formula is C20H16N2O7S. The fourth-order valence-electron chi connectivity index (χ4n) is 2.51. The summed E-state index contributed by atoms with van der Waals surface area (Å²) >= 11 is 0. The average molecular weight is 428 g/mol. The molecule has 1 aromatic carbocycles. The second-order valence-electron chi connectivity index (χ2n) is 6.27. The number of aromatic amines is 2. The van der Waals surface area contributed by atoms with Crippen LogP contribution >= 0.6 is 0 Å². The lowest BCUT2D eigenvalue weighted by Crippen LogP contribution is -2.17. The van der Waals surface area contributed by atoms with Crippen LogP contribution in [0.3, 0.4) is 0 Å². The lowest BCUT2D eigenvalue weighted by atomic mass is 10.1. The second kappa shape index (κ2) is 8.31. The maximum Gasteiger partial charge on any atom is 0.451 e. The van der Waals surface area contributed by atoms with E-state index in [4.69, 9.17) is 9.52 Å². The Kier molecular flexibility index (Phi) is 5.81. The summed E-state index contributed by atoms with van der Waals surface area (Å²) < 4.78 is 36.7. The van der Waals surface area contributed by atoms with Crippen molar-refractivity contribution < 1.29 is 27.5 Å². The van der Waals surface area contributed by atoms with Gasteiger partial charge in [0.15, 0.2) is 5.43 Å². The van der Waals surface area contributed by atoms with Crippen molar-refractivity contribution in [2.45, 2.75) is 11.8 Å². The number of aryl methyl sites for hydroxylation is 1. The van der Waals surface area contributed by atoms with Crippen molar-refractivity contribution in [3.05, 3.63) is 86.9 Å². The topological polar surface area (TPSA) is 155 Å². The lowest BCUT2D eigenvalue weighted by molar-refractivity contribution is -0.399. The van der Waals surface area contributed by atoms with Crippen molar-refractivity contribution in [1.29, 1.82) is 0 Å².